The molecule has 1 N–H and O–H groups in total. The summed E-state index contributed by atoms with van der Waals surface area (Å²) in [5, 5.41) is 0. The standard InChI is InChI=1S/C12H11N3O2S/c1-13-18(16,17)10-4-5-12-11(7-10)14-8-9-3-2-6-15(9)12/h2-8,13H,1H3. The van der Waals surface area contributed by atoms with E-state index in [1.165, 1.54) is 7.05 Å². The summed E-state index contributed by atoms with van der Waals surface area (Å²) in [6.07, 6.45) is 3.64. The van der Waals surface area contributed by atoms with Crippen molar-refractivity contribution in [3.8, 4) is 0 Å². The molecule has 5 nitrogen and oxygen atoms in total. The summed E-state index contributed by atoms with van der Waals surface area (Å²) in [4.78, 5) is 4.50. The highest BCUT2D eigenvalue weighted by atomic mass is 32.2. The van der Waals surface area contributed by atoms with E-state index in [9.17, 15) is 8.42 Å². The van der Waals surface area contributed by atoms with Crippen molar-refractivity contribution in [2.75, 3.05) is 7.05 Å². The Bertz CT molecular complexity index is 837. The monoisotopic (exact) mass is 261 g/mol. The summed E-state index contributed by atoms with van der Waals surface area (Å²) in [5.41, 5.74) is 2.51. The van der Waals surface area contributed by atoms with Crippen LogP contribution in [0.5, 0.6) is 0 Å². The SMILES string of the molecule is CNS(=O)(=O)c1ccc2c(c1)ncc1cccn12. The molecule has 6 heteroatoms. The molecule has 1 aromatic carbocycles. The Kier molecular flexibility index (Phi) is 2.36. The smallest absolute Gasteiger partial charge is 0.240 e. The van der Waals surface area contributed by atoms with Crippen LogP contribution in [0.25, 0.3) is 16.6 Å². The van der Waals surface area contributed by atoms with Crippen LogP contribution in [0, 0.1) is 0 Å². The van der Waals surface area contributed by atoms with Gasteiger partial charge in [-0.15, -0.1) is 0 Å². The first-order valence-corrected chi connectivity index (χ1v) is 6.89. The van der Waals surface area contributed by atoms with Crippen molar-refractivity contribution in [2.24, 2.45) is 0 Å². The maximum Gasteiger partial charge on any atom is 0.240 e. The number of hydrogen-bond acceptors (Lipinski definition) is 3. The zero-order chi connectivity index (χ0) is 12.8. The Labute approximate surface area is 104 Å². The van der Waals surface area contributed by atoms with Gasteiger partial charge >= 0.3 is 0 Å². The number of benzene rings is 1. The third-order valence-corrected chi connectivity index (χ3v) is 4.31. The Balaban J connectivity index is 2.34. The summed E-state index contributed by atoms with van der Waals surface area (Å²) in [6.45, 7) is 0. The van der Waals surface area contributed by atoms with Crippen molar-refractivity contribution in [3.05, 3.63) is 42.7 Å². The summed E-state index contributed by atoms with van der Waals surface area (Å²) in [5.74, 6) is 0. The van der Waals surface area contributed by atoms with Crippen LogP contribution in [0.4, 0.5) is 0 Å². The number of nitrogens with zero attached hydrogens (tertiary/aromatic N) is 2. The van der Waals surface area contributed by atoms with Gasteiger partial charge in [0.1, 0.15) is 0 Å². The van der Waals surface area contributed by atoms with Gasteiger partial charge in [0.2, 0.25) is 10.0 Å². The van der Waals surface area contributed by atoms with Crippen molar-refractivity contribution in [1.29, 1.82) is 0 Å². The van der Waals surface area contributed by atoms with Gasteiger partial charge in [-0.25, -0.2) is 13.1 Å². The van der Waals surface area contributed by atoms with E-state index in [1.54, 1.807) is 24.4 Å². The van der Waals surface area contributed by atoms with Gasteiger partial charge in [-0.1, -0.05) is 0 Å². The number of rotatable bonds is 2. The van der Waals surface area contributed by atoms with E-state index in [0.717, 1.165) is 11.0 Å². The quantitative estimate of drug-likeness (QED) is 0.758. The van der Waals surface area contributed by atoms with E-state index < -0.39 is 10.0 Å². The number of sulfonamides is 1. The largest absolute Gasteiger partial charge is 0.314 e. The predicted octanol–water partition coefficient (Wildman–Crippen LogP) is 1.40. The third-order valence-electron chi connectivity index (χ3n) is 2.90. The first kappa shape index (κ1) is 11.2. The molecule has 0 bridgehead atoms. The van der Waals surface area contributed by atoms with E-state index in [-0.39, 0.29) is 4.90 Å². The molecule has 0 unspecified atom stereocenters. The zero-order valence-electron chi connectivity index (χ0n) is 9.66. The fraction of sp³-hybridized carbons (Fsp3) is 0.0833. The van der Waals surface area contributed by atoms with Crippen LogP contribution in [-0.2, 0) is 10.0 Å². The number of aromatic nitrogens is 2. The highest BCUT2D eigenvalue weighted by molar-refractivity contribution is 7.89. The maximum atomic E-state index is 11.7. The van der Waals surface area contributed by atoms with Crippen molar-refractivity contribution in [1.82, 2.24) is 14.1 Å². The molecule has 0 aliphatic carbocycles. The average molecular weight is 261 g/mol. The van der Waals surface area contributed by atoms with E-state index in [2.05, 4.69) is 9.71 Å². The normalized spacial score (nSPS) is 12.3. The topological polar surface area (TPSA) is 63.5 Å². The van der Waals surface area contributed by atoms with Crippen LogP contribution in [-0.4, -0.2) is 24.9 Å². The minimum atomic E-state index is -3.43. The molecule has 0 aliphatic rings. The zero-order valence-corrected chi connectivity index (χ0v) is 10.5. The fourth-order valence-electron chi connectivity index (χ4n) is 1.95. The Hall–Kier alpha value is -1.92. The molecule has 0 spiro atoms. The lowest BCUT2D eigenvalue weighted by Gasteiger charge is -2.05. The summed E-state index contributed by atoms with van der Waals surface area (Å²) in [7, 11) is -2.04. The van der Waals surface area contributed by atoms with E-state index in [4.69, 9.17) is 0 Å². The van der Waals surface area contributed by atoms with Crippen molar-refractivity contribution >= 4 is 26.6 Å². The molecule has 0 amide bonds. The van der Waals surface area contributed by atoms with Gasteiger partial charge in [-0.3, -0.25) is 4.98 Å². The molecule has 0 fully saturated rings. The average Bonchev–Trinajstić information content (AvgIpc) is 2.86. The molecule has 0 radical (unpaired) electrons. The van der Waals surface area contributed by atoms with Crippen LogP contribution in [0.1, 0.15) is 0 Å². The van der Waals surface area contributed by atoms with E-state index in [0.29, 0.717) is 5.52 Å². The molecular formula is C12H11N3O2S. The van der Waals surface area contributed by atoms with E-state index >= 15 is 0 Å². The second-order valence-corrected chi connectivity index (χ2v) is 5.81. The summed E-state index contributed by atoms with van der Waals surface area (Å²) >= 11 is 0. The highest BCUT2D eigenvalue weighted by Gasteiger charge is 2.12. The number of nitrogens with one attached hydrogen (secondary N) is 1. The minimum Gasteiger partial charge on any atom is -0.314 e. The lowest BCUT2D eigenvalue weighted by molar-refractivity contribution is 0.588. The molecule has 2 aromatic heterocycles. The van der Waals surface area contributed by atoms with Crippen LogP contribution in [0.15, 0.2) is 47.6 Å². The first-order valence-electron chi connectivity index (χ1n) is 5.41. The number of fused-ring (bicyclic) bond motifs is 3. The molecule has 0 aliphatic heterocycles. The fourth-order valence-corrected chi connectivity index (χ4v) is 2.70. The Morgan fingerprint density at radius 2 is 2.11 bits per heavy atom. The Morgan fingerprint density at radius 3 is 2.89 bits per heavy atom. The molecule has 2 heterocycles. The van der Waals surface area contributed by atoms with Crippen LogP contribution < -0.4 is 4.72 Å². The molecule has 0 atom stereocenters. The third kappa shape index (κ3) is 1.58. The van der Waals surface area contributed by atoms with E-state index in [1.807, 2.05) is 22.7 Å². The first-order chi connectivity index (χ1) is 8.62. The molecule has 92 valence electrons. The minimum absolute atomic E-state index is 0.219. The summed E-state index contributed by atoms with van der Waals surface area (Å²) in [6, 6.07) is 8.79. The van der Waals surface area contributed by atoms with Gasteiger partial charge < -0.3 is 4.40 Å². The van der Waals surface area contributed by atoms with Crippen LogP contribution in [0.2, 0.25) is 0 Å². The van der Waals surface area contributed by atoms with Crippen LogP contribution in [0.3, 0.4) is 0 Å². The molecule has 3 rings (SSSR count). The molecule has 0 saturated heterocycles. The Morgan fingerprint density at radius 1 is 1.28 bits per heavy atom. The van der Waals surface area contributed by atoms with Crippen molar-refractivity contribution < 1.29 is 8.42 Å². The molecule has 0 saturated carbocycles. The second-order valence-electron chi connectivity index (χ2n) is 3.92. The van der Waals surface area contributed by atoms with Gasteiger partial charge in [0.25, 0.3) is 0 Å². The van der Waals surface area contributed by atoms with Crippen molar-refractivity contribution in [3.63, 3.8) is 0 Å². The van der Waals surface area contributed by atoms with Crippen molar-refractivity contribution in [2.45, 2.75) is 4.90 Å². The number of hydrogen-bond donors (Lipinski definition) is 1. The van der Waals surface area contributed by atoms with Gasteiger partial charge in [0.05, 0.1) is 27.6 Å². The van der Waals surface area contributed by atoms with Gasteiger partial charge in [-0.2, -0.15) is 0 Å². The van der Waals surface area contributed by atoms with Gasteiger partial charge in [-0.05, 0) is 37.4 Å². The predicted molar refractivity (Wildman–Crippen MR) is 68.9 cm³/mol. The molecular weight excluding hydrogens is 250 g/mol. The highest BCUT2D eigenvalue weighted by Crippen LogP contribution is 2.19. The lowest BCUT2D eigenvalue weighted by atomic mass is 10.3. The maximum absolute atomic E-state index is 11.7. The molecule has 3 aromatic rings. The van der Waals surface area contributed by atoms with Gasteiger partial charge in [0.15, 0.2) is 0 Å². The summed E-state index contributed by atoms with van der Waals surface area (Å²) < 4.78 is 27.7. The van der Waals surface area contributed by atoms with Crippen LogP contribution >= 0.6 is 0 Å². The van der Waals surface area contributed by atoms with Gasteiger partial charge in [0, 0.05) is 6.20 Å². The molecule has 18 heavy (non-hydrogen) atoms. The lowest BCUT2D eigenvalue weighted by Crippen LogP contribution is -2.18. The second kappa shape index (κ2) is 3.79.